The van der Waals surface area contributed by atoms with Gasteiger partial charge in [-0.25, -0.2) is 4.39 Å². The molecule has 0 unspecified atom stereocenters. The number of alkyl halides is 2. The molecule has 70 valence electrons. The number of halogens is 2. The van der Waals surface area contributed by atoms with Crippen LogP contribution < -0.4 is 0 Å². The maximum absolute atomic E-state index is 13.3. The third-order valence-corrected chi connectivity index (χ3v) is 2.02. The minimum atomic E-state index is -1.67. The zero-order valence-corrected chi connectivity index (χ0v) is 7.41. The van der Waals surface area contributed by atoms with E-state index in [9.17, 15) is 9.18 Å². The average molecular weight is 203 g/mol. The van der Waals surface area contributed by atoms with Crippen LogP contribution in [0.15, 0.2) is 30.3 Å². The van der Waals surface area contributed by atoms with Crippen molar-refractivity contribution in [1.82, 2.24) is 0 Å². The lowest BCUT2D eigenvalue weighted by Crippen LogP contribution is -2.19. The number of rotatable bonds is 3. The SMILES string of the molecule is O=C(O)[C@H](Cl)[C@H](F)c1ccccc1. The molecule has 0 spiro atoms. The molecule has 0 aromatic heterocycles. The van der Waals surface area contributed by atoms with E-state index >= 15 is 0 Å². The van der Waals surface area contributed by atoms with Gasteiger partial charge < -0.3 is 5.11 Å². The standard InChI is InChI=1S/C9H8ClFO2/c10-7(9(12)13)8(11)6-4-2-1-3-5-6/h1-5,7-8H,(H,12,13)/t7-,8-/m1/s1. The quantitative estimate of drug-likeness (QED) is 0.765. The van der Waals surface area contributed by atoms with Gasteiger partial charge in [-0.3, -0.25) is 4.79 Å². The second-order valence-corrected chi connectivity index (χ2v) is 3.02. The molecule has 0 saturated heterocycles. The zero-order chi connectivity index (χ0) is 9.84. The molecule has 1 aromatic carbocycles. The number of hydrogen-bond donors (Lipinski definition) is 1. The number of carboxylic acid groups (broad SMARTS) is 1. The fourth-order valence-corrected chi connectivity index (χ4v) is 1.08. The minimum Gasteiger partial charge on any atom is -0.480 e. The van der Waals surface area contributed by atoms with E-state index in [-0.39, 0.29) is 5.56 Å². The molecule has 0 amide bonds. The van der Waals surface area contributed by atoms with E-state index in [0.717, 1.165) is 0 Å². The van der Waals surface area contributed by atoms with Crippen molar-refractivity contribution in [3.63, 3.8) is 0 Å². The van der Waals surface area contributed by atoms with Gasteiger partial charge in [0.2, 0.25) is 0 Å². The van der Waals surface area contributed by atoms with E-state index < -0.39 is 17.5 Å². The van der Waals surface area contributed by atoms with E-state index in [0.29, 0.717) is 0 Å². The van der Waals surface area contributed by atoms with Gasteiger partial charge in [-0.2, -0.15) is 0 Å². The summed E-state index contributed by atoms with van der Waals surface area (Å²) < 4.78 is 13.3. The Labute approximate surface area is 80.0 Å². The van der Waals surface area contributed by atoms with Gasteiger partial charge in [0.25, 0.3) is 0 Å². The lowest BCUT2D eigenvalue weighted by atomic mass is 10.1. The number of carboxylic acids is 1. The van der Waals surface area contributed by atoms with Crippen molar-refractivity contribution in [1.29, 1.82) is 0 Å². The third-order valence-electron chi connectivity index (χ3n) is 1.61. The summed E-state index contributed by atoms with van der Waals surface area (Å²) in [4.78, 5) is 10.3. The summed E-state index contributed by atoms with van der Waals surface area (Å²) in [7, 11) is 0. The Kier molecular flexibility index (Phi) is 3.25. The van der Waals surface area contributed by atoms with Crippen LogP contribution >= 0.6 is 11.6 Å². The van der Waals surface area contributed by atoms with E-state index in [2.05, 4.69) is 0 Å². The van der Waals surface area contributed by atoms with Crippen LogP contribution in [0.25, 0.3) is 0 Å². The molecule has 0 aliphatic rings. The number of benzene rings is 1. The highest BCUT2D eigenvalue weighted by Crippen LogP contribution is 2.24. The van der Waals surface area contributed by atoms with Crippen LogP contribution in [0.3, 0.4) is 0 Å². The molecule has 13 heavy (non-hydrogen) atoms. The van der Waals surface area contributed by atoms with Gasteiger partial charge in [0.1, 0.15) is 0 Å². The summed E-state index contributed by atoms with van der Waals surface area (Å²) in [5.74, 6) is -1.35. The normalized spacial score (nSPS) is 14.9. The molecule has 1 N–H and O–H groups in total. The molecule has 2 atom stereocenters. The predicted octanol–water partition coefficient (Wildman–Crippen LogP) is 2.39. The van der Waals surface area contributed by atoms with Crippen molar-refractivity contribution in [2.24, 2.45) is 0 Å². The number of carbonyl (C=O) groups is 1. The molecule has 0 saturated carbocycles. The van der Waals surface area contributed by atoms with Gasteiger partial charge in [0.15, 0.2) is 11.5 Å². The second kappa shape index (κ2) is 4.23. The van der Waals surface area contributed by atoms with Gasteiger partial charge >= 0.3 is 5.97 Å². The lowest BCUT2D eigenvalue weighted by molar-refractivity contribution is -0.137. The highest BCUT2D eigenvalue weighted by atomic mass is 35.5. The van der Waals surface area contributed by atoms with Crippen LogP contribution in [-0.2, 0) is 4.79 Å². The van der Waals surface area contributed by atoms with Crippen LogP contribution in [0.5, 0.6) is 0 Å². The van der Waals surface area contributed by atoms with Crippen LogP contribution in [0.2, 0.25) is 0 Å². The summed E-state index contributed by atoms with van der Waals surface area (Å²) in [6, 6.07) is 7.99. The summed E-state index contributed by atoms with van der Waals surface area (Å²) in [5, 5.41) is 6.92. The molecule has 0 aliphatic carbocycles. The summed E-state index contributed by atoms with van der Waals surface area (Å²) >= 11 is 5.33. The van der Waals surface area contributed by atoms with E-state index in [1.165, 1.54) is 12.1 Å². The molecule has 0 heterocycles. The van der Waals surface area contributed by atoms with E-state index in [1.807, 2.05) is 0 Å². The van der Waals surface area contributed by atoms with Crippen molar-refractivity contribution >= 4 is 17.6 Å². The largest absolute Gasteiger partial charge is 0.480 e. The minimum absolute atomic E-state index is 0.282. The van der Waals surface area contributed by atoms with Crippen LogP contribution in [0.4, 0.5) is 4.39 Å². The highest BCUT2D eigenvalue weighted by Gasteiger charge is 2.26. The number of aliphatic carboxylic acids is 1. The van der Waals surface area contributed by atoms with Gasteiger partial charge in [0.05, 0.1) is 0 Å². The molecular formula is C9H8ClFO2. The monoisotopic (exact) mass is 202 g/mol. The van der Waals surface area contributed by atoms with Crippen molar-refractivity contribution < 1.29 is 14.3 Å². The van der Waals surface area contributed by atoms with Gasteiger partial charge in [-0.05, 0) is 5.56 Å². The molecule has 2 nitrogen and oxygen atoms in total. The maximum atomic E-state index is 13.3. The first-order chi connectivity index (χ1) is 6.13. The Balaban J connectivity index is 2.79. The summed E-state index contributed by atoms with van der Waals surface area (Å²) in [5.41, 5.74) is 0.282. The molecule has 0 radical (unpaired) electrons. The highest BCUT2D eigenvalue weighted by molar-refractivity contribution is 6.30. The Hall–Kier alpha value is -1.09. The topological polar surface area (TPSA) is 37.3 Å². The van der Waals surface area contributed by atoms with E-state index in [4.69, 9.17) is 16.7 Å². The van der Waals surface area contributed by atoms with Crippen LogP contribution in [0, 0.1) is 0 Å². The van der Waals surface area contributed by atoms with Crippen LogP contribution in [0.1, 0.15) is 11.7 Å². The maximum Gasteiger partial charge on any atom is 0.325 e. The molecule has 0 aliphatic heterocycles. The van der Waals surface area contributed by atoms with Gasteiger partial charge in [-0.1, -0.05) is 30.3 Å². The van der Waals surface area contributed by atoms with Crippen LogP contribution in [-0.4, -0.2) is 16.5 Å². The molecule has 1 aromatic rings. The fraction of sp³-hybridized carbons (Fsp3) is 0.222. The average Bonchev–Trinajstić information content (AvgIpc) is 2.17. The summed E-state index contributed by atoms with van der Waals surface area (Å²) in [6.45, 7) is 0. The van der Waals surface area contributed by atoms with E-state index in [1.54, 1.807) is 18.2 Å². The van der Waals surface area contributed by atoms with Gasteiger partial charge in [0, 0.05) is 0 Å². The summed E-state index contributed by atoms with van der Waals surface area (Å²) in [6.07, 6.45) is -1.67. The third kappa shape index (κ3) is 2.42. The Morgan fingerprint density at radius 3 is 2.38 bits per heavy atom. The zero-order valence-electron chi connectivity index (χ0n) is 6.65. The number of hydrogen-bond acceptors (Lipinski definition) is 1. The first kappa shape index (κ1) is 9.99. The van der Waals surface area contributed by atoms with Crippen molar-refractivity contribution in [3.05, 3.63) is 35.9 Å². The smallest absolute Gasteiger partial charge is 0.325 e. The molecule has 0 fully saturated rings. The molecular weight excluding hydrogens is 195 g/mol. The van der Waals surface area contributed by atoms with Crippen molar-refractivity contribution in [3.8, 4) is 0 Å². The lowest BCUT2D eigenvalue weighted by Gasteiger charge is -2.10. The Morgan fingerprint density at radius 2 is 1.92 bits per heavy atom. The first-order valence-electron chi connectivity index (χ1n) is 3.69. The molecule has 0 bridgehead atoms. The second-order valence-electron chi connectivity index (χ2n) is 2.55. The predicted molar refractivity (Wildman–Crippen MR) is 47.6 cm³/mol. The Bertz CT molecular complexity index is 289. The molecule has 1 rings (SSSR count). The van der Waals surface area contributed by atoms with Crippen molar-refractivity contribution in [2.75, 3.05) is 0 Å². The Morgan fingerprint density at radius 1 is 1.38 bits per heavy atom. The first-order valence-corrected chi connectivity index (χ1v) is 4.12. The van der Waals surface area contributed by atoms with Crippen molar-refractivity contribution in [2.45, 2.75) is 11.5 Å². The molecule has 4 heteroatoms. The van der Waals surface area contributed by atoms with Gasteiger partial charge in [-0.15, -0.1) is 11.6 Å². The fourth-order valence-electron chi connectivity index (χ4n) is 0.931.